The van der Waals surface area contributed by atoms with Crippen molar-refractivity contribution in [2.24, 2.45) is 0 Å². The minimum atomic E-state index is -3.87. The molecule has 10 nitrogen and oxygen atoms in total. The van der Waals surface area contributed by atoms with Crippen LogP contribution < -0.4 is 20.1 Å². The van der Waals surface area contributed by atoms with E-state index in [1.165, 1.54) is 0 Å². The van der Waals surface area contributed by atoms with Gasteiger partial charge in [-0.1, -0.05) is 74.9 Å². The number of hydrogen-bond acceptors (Lipinski definition) is 8. The van der Waals surface area contributed by atoms with E-state index in [-0.39, 0.29) is 55.7 Å². The van der Waals surface area contributed by atoms with E-state index >= 15 is 0 Å². The molecule has 296 valence electrons. The fourth-order valence-electron chi connectivity index (χ4n) is 9.24. The molecule has 0 saturated heterocycles. The Morgan fingerprint density at radius 1 is 0.500 bits per heavy atom. The molecule has 4 aromatic carbocycles. The quantitative estimate of drug-likeness (QED) is 0.109. The minimum absolute atomic E-state index is 0.119. The van der Waals surface area contributed by atoms with Crippen molar-refractivity contribution in [3.8, 4) is 0 Å². The van der Waals surface area contributed by atoms with Crippen LogP contribution in [0.4, 0.5) is 22.7 Å². The first-order valence-electron chi connectivity index (χ1n) is 19.7. The molecule has 0 aromatic heterocycles. The summed E-state index contributed by atoms with van der Waals surface area (Å²) in [7, 11) is -7.75. The molecule has 4 N–H and O–H groups in total. The Hall–Kier alpha value is -4.36. The van der Waals surface area contributed by atoms with Crippen molar-refractivity contribution in [1.82, 2.24) is 9.44 Å². The van der Waals surface area contributed by atoms with Gasteiger partial charge in [0.25, 0.3) is 0 Å². The van der Waals surface area contributed by atoms with Crippen molar-refractivity contribution in [3.05, 3.63) is 104 Å². The van der Waals surface area contributed by atoms with E-state index in [4.69, 9.17) is 0 Å². The fraction of sp³-hybridized carbons (Fsp3) is 0.409. The number of ketones is 2. The predicted molar refractivity (Wildman–Crippen MR) is 222 cm³/mol. The van der Waals surface area contributed by atoms with Crippen molar-refractivity contribution >= 4 is 54.4 Å². The summed E-state index contributed by atoms with van der Waals surface area (Å²) >= 11 is 0. The summed E-state index contributed by atoms with van der Waals surface area (Å²) in [6.07, 6.45) is 9.34. The predicted octanol–water partition coefficient (Wildman–Crippen LogP) is 9.02. The monoisotopic (exact) mass is 796 g/mol. The Bertz CT molecular complexity index is 2310. The summed E-state index contributed by atoms with van der Waals surface area (Å²) in [5.41, 5.74) is 6.45. The number of carbonyl (C=O) groups excluding carboxylic acids is 2. The molecule has 2 fully saturated rings. The van der Waals surface area contributed by atoms with Crippen LogP contribution in [0.5, 0.6) is 0 Å². The molecule has 56 heavy (non-hydrogen) atoms. The van der Waals surface area contributed by atoms with Gasteiger partial charge in [0.2, 0.25) is 20.0 Å². The third kappa shape index (κ3) is 7.44. The molecule has 4 aromatic rings. The van der Waals surface area contributed by atoms with Gasteiger partial charge in [0, 0.05) is 34.6 Å². The van der Waals surface area contributed by atoms with E-state index in [1.54, 1.807) is 64.1 Å². The zero-order chi connectivity index (χ0) is 40.1. The Balaban J connectivity index is 1.32. The van der Waals surface area contributed by atoms with Crippen LogP contribution in [0.3, 0.4) is 0 Å². The summed E-state index contributed by atoms with van der Waals surface area (Å²) < 4.78 is 61.6. The van der Waals surface area contributed by atoms with Crippen LogP contribution in [0.15, 0.2) is 58.3 Å². The molecule has 0 atom stereocenters. The van der Waals surface area contributed by atoms with Crippen molar-refractivity contribution in [2.45, 2.75) is 128 Å². The van der Waals surface area contributed by atoms with E-state index in [0.717, 1.165) is 75.3 Å². The lowest BCUT2D eigenvalue weighted by Crippen LogP contribution is -2.37. The molecule has 0 amide bonds. The summed E-state index contributed by atoms with van der Waals surface area (Å²) in [6, 6.07) is 13.6. The molecular formula is C44H52N4O6S2. The Morgan fingerprint density at radius 2 is 0.857 bits per heavy atom. The molecule has 7 rings (SSSR count). The number of hydrogen-bond donors (Lipinski definition) is 4. The lowest BCUT2D eigenvalue weighted by Gasteiger charge is -2.27. The lowest BCUT2D eigenvalue weighted by molar-refractivity contribution is 0.0980. The van der Waals surface area contributed by atoms with E-state index in [2.05, 4.69) is 20.1 Å². The number of anilines is 4. The van der Waals surface area contributed by atoms with Gasteiger partial charge in [-0.25, -0.2) is 26.3 Å². The van der Waals surface area contributed by atoms with Crippen molar-refractivity contribution in [1.29, 1.82) is 0 Å². The number of fused-ring (bicyclic) bond motifs is 2. The number of nitrogens with one attached hydrogen (secondary N) is 4. The van der Waals surface area contributed by atoms with Gasteiger partial charge >= 0.3 is 0 Å². The highest BCUT2D eigenvalue weighted by atomic mass is 32.2. The first kappa shape index (κ1) is 39.9. The first-order valence-corrected chi connectivity index (χ1v) is 22.7. The summed E-state index contributed by atoms with van der Waals surface area (Å²) in [5, 5.41) is 6.80. The molecule has 0 spiro atoms. The molecule has 0 aliphatic heterocycles. The van der Waals surface area contributed by atoms with E-state index in [0.29, 0.717) is 45.0 Å². The van der Waals surface area contributed by atoms with Crippen LogP contribution >= 0.6 is 0 Å². The van der Waals surface area contributed by atoms with Crippen LogP contribution in [0.1, 0.15) is 129 Å². The zero-order valence-corrected chi connectivity index (χ0v) is 34.7. The molecule has 3 aliphatic carbocycles. The Kier molecular flexibility index (Phi) is 11.1. The summed E-state index contributed by atoms with van der Waals surface area (Å²) in [5.74, 6) is -0.708. The standard InChI is InChI=1S/C44H52N4O6S2/c1-25-23-27(3)43(55(51,52)47-31-15-9-7-10-16-31)29(5)39(25)45-35-21-22-36(38-37(35)41(49)33-19-13-14-20-34(33)42(38)50)46-40-26(2)24-28(4)44(30(40)6)56(53,54)48-32-17-11-8-12-18-32/h13-14,19-24,31-32,45-48H,7-12,15-18H2,1-6H3. The minimum Gasteiger partial charge on any atom is -0.354 e. The lowest BCUT2D eigenvalue weighted by atomic mass is 9.82. The normalized spacial score (nSPS) is 16.8. The van der Waals surface area contributed by atoms with Gasteiger partial charge in [-0.15, -0.1) is 0 Å². The summed E-state index contributed by atoms with van der Waals surface area (Å²) in [4.78, 5) is 29.4. The number of sulfonamides is 2. The second-order valence-electron chi connectivity index (χ2n) is 16.0. The highest BCUT2D eigenvalue weighted by molar-refractivity contribution is 7.90. The van der Waals surface area contributed by atoms with Crippen molar-refractivity contribution in [3.63, 3.8) is 0 Å². The number of aryl methyl sites for hydroxylation is 4. The number of benzene rings is 4. The SMILES string of the molecule is Cc1cc(C)c(S(=O)(=O)NC2CCCCC2)c(C)c1Nc1ccc(Nc2c(C)cc(C)c(S(=O)(=O)NC3CCCCC3)c2C)c2c1C(=O)c1ccccc1C2=O. The molecule has 0 unspecified atom stereocenters. The van der Waals surface area contributed by atoms with Crippen LogP contribution in [0.25, 0.3) is 0 Å². The van der Waals surface area contributed by atoms with Crippen LogP contribution in [0, 0.1) is 41.5 Å². The third-order valence-electron chi connectivity index (χ3n) is 11.8. The Labute approximate surface area is 331 Å². The highest BCUT2D eigenvalue weighted by Gasteiger charge is 2.36. The molecule has 3 aliphatic rings. The van der Waals surface area contributed by atoms with Crippen LogP contribution in [0.2, 0.25) is 0 Å². The van der Waals surface area contributed by atoms with Gasteiger partial charge in [-0.2, -0.15) is 0 Å². The van der Waals surface area contributed by atoms with Gasteiger partial charge in [0.05, 0.1) is 32.3 Å². The smallest absolute Gasteiger partial charge is 0.241 e. The second-order valence-corrected chi connectivity index (χ2v) is 19.3. The molecular weight excluding hydrogens is 745 g/mol. The maximum atomic E-state index is 14.5. The first-order chi connectivity index (χ1) is 26.6. The van der Waals surface area contributed by atoms with E-state index < -0.39 is 20.0 Å². The molecule has 12 heteroatoms. The van der Waals surface area contributed by atoms with Gasteiger partial charge < -0.3 is 10.6 Å². The number of carbonyl (C=O) groups is 2. The van der Waals surface area contributed by atoms with Crippen LogP contribution in [-0.2, 0) is 20.0 Å². The molecule has 0 heterocycles. The van der Waals surface area contributed by atoms with E-state index in [1.807, 2.05) is 26.0 Å². The highest BCUT2D eigenvalue weighted by Crippen LogP contribution is 2.42. The topological polar surface area (TPSA) is 151 Å². The zero-order valence-electron chi connectivity index (χ0n) is 33.1. The van der Waals surface area contributed by atoms with Crippen LogP contribution in [-0.4, -0.2) is 40.5 Å². The third-order valence-corrected chi connectivity index (χ3v) is 15.4. The van der Waals surface area contributed by atoms with Gasteiger partial charge in [0.1, 0.15) is 0 Å². The fourth-order valence-corrected chi connectivity index (χ4v) is 12.8. The van der Waals surface area contributed by atoms with Gasteiger partial charge in [0.15, 0.2) is 11.6 Å². The Morgan fingerprint density at radius 3 is 1.21 bits per heavy atom. The molecule has 0 radical (unpaired) electrons. The molecule has 2 saturated carbocycles. The van der Waals surface area contributed by atoms with Crippen molar-refractivity contribution in [2.75, 3.05) is 10.6 Å². The average Bonchev–Trinajstić information content (AvgIpc) is 3.14. The molecule has 0 bridgehead atoms. The van der Waals surface area contributed by atoms with Crippen molar-refractivity contribution < 1.29 is 26.4 Å². The maximum absolute atomic E-state index is 14.5. The summed E-state index contributed by atoms with van der Waals surface area (Å²) in [6.45, 7) is 10.9. The van der Waals surface area contributed by atoms with Gasteiger partial charge in [-0.3, -0.25) is 9.59 Å². The maximum Gasteiger partial charge on any atom is 0.241 e. The number of rotatable bonds is 10. The average molecular weight is 797 g/mol. The van der Waals surface area contributed by atoms with Gasteiger partial charge in [-0.05, 0) is 113 Å². The largest absolute Gasteiger partial charge is 0.354 e. The second kappa shape index (κ2) is 15.5. The van der Waals surface area contributed by atoms with E-state index in [9.17, 15) is 26.4 Å².